The number of methoxy groups -OCH3 is 1. The SMILES string of the molecule is CCC(COC)NC(=O)N[C@H]1CC[C@@H](C(=O)O)C1. The lowest BCUT2D eigenvalue weighted by atomic mass is 10.1. The van der Waals surface area contributed by atoms with Crippen LogP contribution in [0.2, 0.25) is 0 Å². The molecule has 6 nitrogen and oxygen atoms in total. The Morgan fingerprint density at radius 3 is 2.67 bits per heavy atom. The van der Waals surface area contributed by atoms with Crippen LogP contribution in [0.15, 0.2) is 0 Å². The van der Waals surface area contributed by atoms with Gasteiger partial charge >= 0.3 is 12.0 Å². The van der Waals surface area contributed by atoms with E-state index in [9.17, 15) is 9.59 Å². The Bertz CT molecular complexity index is 296. The van der Waals surface area contributed by atoms with Crippen LogP contribution in [0.4, 0.5) is 4.79 Å². The van der Waals surface area contributed by atoms with Gasteiger partial charge in [0, 0.05) is 13.2 Å². The summed E-state index contributed by atoms with van der Waals surface area (Å²) in [5, 5.41) is 14.5. The van der Waals surface area contributed by atoms with Crippen molar-refractivity contribution in [1.82, 2.24) is 10.6 Å². The summed E-state index contributed by atoms with van der Waals surface area (Å²) in [5.74, 6) is -1.10. The fourth-order valence-corrected chi connectivity index (χ4v) is 2.21. The first kappa shape index (κ1) is 14.8. The number of urea groups is 1. The number of rotatable bonds is 6. The first-order valence-corrected chi connectivity index (χ1v) is 6.35. The molecule has 0 heterocycles. The number of aliphatic carboxylic acids is 1. The predicted molar refractivity (Wildman–Crippen MR) is 66.4 cm³/mol. The third-order valence-electron chi connectivity index (χ3n) is 3.31. The van der Waals surface area contributed by atoms with Crippen LogP contribution in [0.5, 0.6) is 0 Å². The lowest BCUT2D eigenvalue weighted by Gasteiger charge is -2.19. The molecule has 0 aromatic carbocycles. The summed E-state index contributed by atoms with van der Waals surface area (Å²) >= 11 is 0. The highest BCUT2D eigenvalue weighted by Gasteiger charge is 2.30. The summed E-state index contributed by atoms with van der Waals surface area (Å²) in [5.41, 5.74) is 0. The smallest absolute Gasteiger partial charge is 0.315 e. The Balaban J connectivity index is 2.30. The second-order valence-electron chi connectivity index (χ2n) is 4.72. The number of carboxylic acid groups (broad SMARTS) is 1. The summed E-state index contributed by atoms with van der Waals surface area (Å²) in [6.45, 7) is 2.45. The van der Waals surface area contributed by atoms with E-state index in [1.165, 1.54) is 0 Å². The molecule has 104 valence electrons. The monoisotopic (exact) mass is 258 g/mol. The van der Waals surface area contributed by atoms with Crippen LogP contribution >= 0.6 is 0 Å². The van der Waals surface area contributed by atoms with Crippen molar-refractivity contribution in [3.05, 3.63) is 0 Å². The molecule has 1 aliphatic rings. The van der Waals surface area contributed by atoms with Crippen LogP contribution in [0, 0.1) is 5.92 Å². The van der Waals surface area contributed by atoms with Crippen LogP contribution in [0.3, 0.4) is 0 Å². The molecule has 1 unspecified atom stereocenters. The summed E-state index contributed by atoms with van der Waals surface area (Å²) < 4.78 is 4.99. The second-order valence-corrected chi connectivity index (χ2v) is 4.72. The first-order chi connectivity index (χ1) is 8.56. The van der Waals surface area contributed by atoms with E-state index in [1.807, 2.05) is 6.92 Å². The van der Waals surface area contributed by atoms with Crippen molar-refractivity contribution in [3.8, 4) is 0 Å². The fourth-order valence-electron chi connectivity index (χ4n) is 2.21. The molecule has 3 atom stereocenters. The highest BCUT2D eigenvalue weighted by molar-refractivity contribution is 5.75. The molecular weight excluding hydrogens is 236 g/mol. The van der Waals surface area contributed by atoms with E-state index in [0.29, 0.717) is 19.4 Å². The van der Waals surface area contributed by atoms with Gasteiger partial charge in [0.05, 0.1) is 18.6 Å². The zero-order chi connectivity index (χ0) is 13.5. The van der Waals surface area contributed by atoms with Crippen molar-refractivity contribution in [1.29, 1.82) is 0 Å². The number of carboxylic acids is 1. The predicted octanol–water partition coefficient (Wildman–Crippen LogP) is 0.964. The second kappa shape index (κ2) is 7.20. The van der Waals surface area contributed by atoms with Crippen molar-refractivity contribution >= 4 is 12.0 Å². The maximum absolute atomic E-state index is 11.7. The summed E-state index contributed by atoms with van der Waals surface area (Å²) in [6.07, 6.45) is 2.68. The van der Waals surface area contributed by atoms with E-state index in [2.05, 4.69) is 10.6 Å². The molecule has 0 radical (unpaired) electrons. The summed E-state index contributed by atoms with van der Waals surface area (Å²) in [7, 11) is 1.59. The molecule has 1 rings (SSSR count). The van der Waals surface area contributed by atoms with Gasteiger partial charge in [-0.05, 0) is 25.7 Å². The highest BCUT2D eigenvalue weighted by Crippen LogP contribution is 2.25. The summed E-state index contributed by atoms with van der Waals surface area (Å²) in [6, 6.07) is -0.284. The first-order valence-electron chi connectivity index (χ1n) is 6.35. The van der Waals surface area contributed by atoms with E-state index in [-0.39, 0.29) is 24.0 Å². The maximum atomic E-state index is 11.7. The summed E-state index contributed by atoms with van der Waals surface area (Å²) in [4.78, 5) is 22.5. The van der Waals surface area contributed by atoms with Gasteiger partial charge in [0.2, 0.25) is 0 Å². The Morgan fingerprint density at radius 1 is 1.44 bits per heavy atom. The molecule has 0 saturated heterocycles. The Labute approximate surface area is 107 Å². The molecule has 6 heteroatoms. The Kier molecular flexibility index (Phi) is 5.91. The zero-order valence-corrected chi connectivity index (χ0v) is 10.9. The molecule has 0 aromatic heterocycles. The molecule has 0 bridgehead atoms. The minimum Gasteiger partial charge on any atom is -0.481 e. The van der Waals surface area contributed by atoms with Crippen molar-refractivity contribution in [2.45, 2.75) is 44.7 Å². The van der Waals surface area contributed by atoms with Crippen LogP contribution in [0.1, 0.15) is 32.6 Å². The normalized spacial score (nSPS) is 24.6. The molecule has 2 amide bonds. The van der Waals surface area contributed by atoms with Gasteiger partial charge in [0.25, 0.3) is 0 Å². The molecule has 3 N–H and O–H groups in total. The molecule has 0 aromatic rings. The average molecular weight is 258 g/mol. The number of ether oxygens (including phenoxy) is 1. The van der Waals surface area contributed by atoms with Gasteiger partial charge in [-0.2, -0.15) is 0 Å². The van der Waals surface area contributed by atoms with Gasteiger partial charge in [-0.3, -0.25) is 4.79 Å². The highest BCUT2D eigenvalue weighted by atomic mass is 16.5. The third-order valence-corrected chi connectivity index (χ3v) is 3.31. The van der Waals surface area contributed by atoms with Crippen molar-refractivity contribution < 1.29 is 19.4 Å². The number of amides is 2. The number of hydrogen-bond donors (Lipinski definition) is 3. The van der Waals surface area contributed by atoms with Gasteiger partial charge in [0.15, 0.2) is 0 Å². The molecule has 1 saturated carbocycles. The lowest BCUT2D eigenvalue weighted by Crippen LogP contribution is -2.47. The largest absolute Gasteiger partial charge is 0.481 e. The average Bonchev–Trinajstić information content (AvgIpc) is 2.77. The topological polar surface area (TPSA) is 87.7 Å². The molecular formula is C12H22N2O4. The van der Waals surface area contributed by atoms with Crippen LogP contribution in [-0.4, -0.2) is 42.9 Å². The number of carbonyl (C=O) groups excluding carboxylic acids is 1. The van der Waals surface area contributed by atoms with Crippen molar-refractivity contribution in [2.24, 2.45) is 5.92 Å². The van der Waals surface area contributed by atoms with Crippen LogP contribution in [-0.2, 0) is 9.53 Å². The fraction of sp³-hybridized carbons (Fsp3) is 0.833. The Morgan fingerprint density at radius 2 is 2.17 bits per heavy atom. The lowest BCUT2D eigenvalue weighted by molar-refractivity contribution is -0.141. The van der Waals surface area contributed by atoms with E-state index < -0.39 is 5.97 Å². The quantitative estimate of drug-likeness (QED) is 0.662. The Hall–Kier alpha value is -1.30. The number of carbonyl (C=O) groups is 2. The van der Waals surface area contributed by atoms with Gasteiger partial charge in [-0.1, -0.05) is 6.92 Å². The van der Waals surface area contributed by atoms with E-state index >= 15 is 0 Å². The molecule has 1 aliphatic carbocycles. The van der Waals surface area contributed by atoms with Crippen molar-refractivity contribution in [2.75, 3.05) is 13.7 Å². The van der Waals surface area contributed by atoms with E-state index in [1.54, 1.807) is 7.11 Å². The standard InChI is InChI=1S/C12H22N2O4/c1-3-9(7-18-2)13-12(17)14-10-5-4-8(6-10)11(15)16/h8-10H,3-7H2,1-2H3,(H,15,16)(H2,13,14,17)/t8-,9?,10+/m1/s1. The molecule has 0 spiro atoms. The van der Waals surface area contributed by atoms with Gasteiger partial charge in [0.1, 0.15) is 0 Å². The van der Waals surface area contributed by atoms with Crippen LogP contribution in [0.25, 0.3) is 0 Å². The minimum absolute atomic E-state index is 0.00771. The molecule has 1 fully saturated rings. The van der Waals surface area contributed by atoms with Gasteiger partial charge < -0.3 is 20.5 Å². The third kappa shape index (κ3) is 4.52. The molecule has 0 aliphatic heterocycles. The zero-order valence-electron chi connectivity index (χ0n) is 10.9. The van der Waals surface area contributed by atoms with Gasteiger partial charge in [-0.25, -0.2) is 4.79 Å². The van der Waals surface area contributed by atoms with Crippen molar-refractivity contribution in [3.63, 3.8) is 0 Å². The minimum atomic E-state index is -0.773. The van der Waals surface area contributed by atoms with E-state index in [4.69, 9.17) is 9.84 Å². The molecule has 18 heavy (non-hydrogen) atoms. The number of hydrogen-bond acceptors (Lipinski definition) is 3. The maximum Gasteiger partial charge on any atom is 0.315 e. The number of nitrogens with one attached hydrogen (secondary N) is 2. The van der Waals surface area contributed by atoms with Crippen LogP contribution < -0.4 is 10.6 Å². The van der Waals surface area contributed by atoms with E-state index in [0.717, 1.165) is 12.8 Å². The van der Waals surface area contributed by atoms with Gasteiger partial charge in [-0.15, -0.1) is 0 Å².